The zero-order chi connectivity index (χ0) is 10.8. The molecule has 0 saturated carbocycles. The predicted molar refractivity (Wildman–Crippen MR) is 63.8 cm³/mol. The molecule has 15 heavy (non-hydrogen) atoms. The number of rotatable bonds is 2. The minimum absolute atomic E-state index is 0.595. The Hall–Kier alpha value is -0.740. The van der Waals surface area contributed by atoms with Gasteiger partial charge in [0.15, 0.2) is 4.77 Å². The number of hydrogen-bond donors (Lipinski definition) is 2. The molecule has 0 spiro atoms. The Labute approximate surface area is 95.3 Å². The van der Waals surface area contributed by atoms with E-state index in [0.717, 1.165) is 13.0 Å². The van der Waals surface area contributed by atoms with Crippen molar-refractivity contribution in [3.8, 4) is 0 Å². The maximum Gasteiger partial charge on any atom is 0.197 e. The van der Waals surface area contributed by atoms with E-state index in [2.05, 4.69) is 22.2 Å². The standard InChI is InChI=1S/C11H17N3S/c1-7-10-8(6-12-2)4-3-5-9(10)14-11(15)13-7/h8,12H,3-6H2,1-2H3,(H,13,14,15). The third-order valence-electron chi connectivity index (χ3n) is 3.07. The van der Waals surface area contributed by atoms with Crippen LogP contribution in [0.3, 0.4) is 0 Å². The van der Waals surface area contributed by atoms with Crippen LogP contribution in [0.5, 0.6) is 0 Å². The molecule has 3 nitrogen and oxygen atoms in total. The van der Waals surface area contributed by atoms with Crippen molar-refractivity contribution in [2.75, 3.05) is 13.6 Å². The van der Waals surface area contributed by atoms with E-state index >= 15 is 0 Å². The molecule has 1 aromatic rings. The maximum absolute atomic E-state index is 5.11. The number of aryl methyl sites for hydroxylation is 2. The summed E-state index contributed by atoms with van der Waals surface area (Å²) in [6.45, 7) is 3.13. The summed E-state index contributed by atoms with van der Waals surface area (Å²) < 4.78 is 0.622. The quantitative estimate of drug-likeness (QED) is 0.754. The highest BCUT2D eigenvalue weighted by Crippen LogP contribution is 2.31. The SMILES string of the molecule is CNCC1CCCc2nc(=S)[nH]c(C)c21. The van der Waals surface area contributed by atoms with Crippen molar-refractivity contribution in [2.45, 2.75) is 32.1 Å². The second-order valence-corrected chi connectivity index (χ2v) is 4.56. The number of nitrogens with one attached hydrogen (secondary N) is 2. The molecule has 0 amide bonds. The molecule has 1 atom stereocenters. The number of aromatic amines is 1. The van der Waals surface area contributed by atoms with Crippen molar-refractivity contribution >= 4 is 12.2 Å². The first-order chi connectivity index (χ1) is 7.22. The topological polar surface area (TPSA) is 40.7 Å². The highest BCUT2D eigenvalue weighted by Gasteiger charge is 2.22. The molecule has 0 fully saturated rings. The molecule has 0 saturated heterocycles. The van der Waals surface area contributed by atoms with Crippen LogP contribution in [0.4, 0.5) is 0 Å². The van der Waals surface area contributed by atoms with Gasteiger partial charge in [0, 0.05) is 17.9 Å². The van der Waals surface area contributed by atoms with E-state index in [1.54, 1.807) is 0 Å². The molecule has 2 N–H and O–H groups in total. The lowest BCUT2D eigenvalue weighted by Gasteiger charge is -2.25. The molecule has 82 valence electrons. The van der Waals surface area contributed by atoms with Gasteiger partial charge in [-0.3, -0.25) is 0 Å². The van der Waals surface area contributed by atoms with Gasteiger partial charge in [0.05, 0.1) is 0 Å². The molecule has 0 bridgehead atoms. The second-order valence-electron chi connectivity index (χ2n) is 4.17. The van der Waals surface area contributed by atoms with Gasteiger partial charge in [-0.15, -0.1) is 0 Å². The van der Waals surface area contributed by atoms with Crippen LogP contribution in [0.15, 0.2) is 0 Å². The smallest absolute Gasteiger partial charge is 0.197 e. The van der Waals surface area contributed by atoms with Gasteiger partial charge in [-0.05, 0) is 56.9 Å². The van der Waals surface area contributed by atoms with Crippen LogP contribution in [-0.4, -0.2) is 23.6 Å². The van der Waals surface area contributed by atoms with Crippen LogP contribution in [0.2, 0.25) is 0 Å². The third-order valence-corrected chi connectivity index (χ3v) is 3.26. The van der Waals surface area contributed by atoms with Crippen LogP contribution in [0, 0.1) is 11.7 Å². The van der Waals surface area contributed by atoms with Gasteiger partial charge in [0.2, 0.25) is 0 Å². The normalized spacial score (nSPS) is 20.0. The van der Waals surface area contributed by atoms with Gasteiger partial charge in [0.1, 0.15) is 0 Å². The summed E-state index contributed by atoms with van der Waals surface area (Å²) in [5.74, 6) is 0.595. The summed E-state index contributed by atoms with van der Waals surface area (Å²) in [6, 6.07) is 0. The number of hydrogen-bond acceptors (Lipinski definition) is 3. The lowest BCUT2D eigenvalue weighted by molar-refractivity contribution is 0.514. The number of nitrogens with zero attached hydrogens (tertiary/aromatic N) is 1. The van der Waals surface area contributed by atoms with E-state index < -0.39 is 0 Å². The molecule has 1 unspecified atom stereocenters. The Morgan fingerprint density at radius 2 is 2.40 bits per heavy atom. The maximum atomic E-state index is 5.11. The van der Waals surface area contributed by atoms with Crippen molar-refractivity contribution in [1.82, 2.24) is 15.3 Å². The summed E-state index contributed by atoms with van der Waals surface area (Å²) in [7, 11) is 2.00. The largest absolute Gasteiger partial charge is 0.334 e. The fraction of sp³-hybridized carbons (Fsp3) is 0.636. The van der Waals surface area contributed by atoms with E-state index in [9.17, 15) is 0 Å². The van der Waals surface area contributed by atoms with Crippen LogP contribution >= 0.6 is 12.2 Å². The van der Waals surface area contributed by atoms with Gasteiger partial charge in [0.25, 0.3) is 0 Å². The predicted octanol–water partition coefficient (Wildman–Crippen LogP) is 2.09. The molecule has 0 aliphatic heterocycles. The third kappa shape index (κ3) is 2.11. The molecular weight excluding hydrogens is 206 g/mol. The first-order valence-electron chi connectivity index (χ1n) is 5.46. The Bertz CT molecular complexity index is 411. The highest BCUT2D eigenvalue weighted by atomic mass is 32.1. The summed E-state index contributed by atoms with van der Waals surface area (Å²) in [5, 5.41) is 3.25. The van der Waals surface area contributed by atoms with E-state index in [4.69, 9.17) is 12.2 Å². The van der Waals surface area contributed by atoms with Gasteiger partial charge < -0.3 is 10.3 Å². The van der Waals surface area contributed by atoms with Crippen LogP contribution < -0.4 is 5.32 Å². The lowest BCUT2D eigenvalue weighted by atomic mass is 9.84. The first kappa shape index (κ1) is 10.8. The minimum Gasteiger partial charge on any atom is -0.334 e. The van der Waals surface area contributed by atoms with Gasteiger partial charge in [-0.1, -0.05) is 0 Å². The summed E-state index contributed by atoms with van der Waals surface area (Å²) in [4.78, 5) is 7.60. The Morgan fingerprint density at radius 1 is 1.60 bits per heavy atom. The fourth-order valence-corrected chi connectivity index (χ4v) is 2.76. The molecule has 1 aliphatic rings. The summed E-state index contributed by atoms with van der Waals surface area (Å²) in [6.07, 6.45) is 3.56. The van der Waals surface area contributed by atoms with Crippen LogP contribution in [0.25, 0.3) is 0 Å². The summed E-state index contributed by atoms with van der Waals surface area (Å²) in [5.41, 5.74) is 3.80. The average molecular weight is 223 g/mol. The molecule has 1 aromatic heterocycles. The highest BCUT2D eigenvalue weighted by molar-refractivity contribution is 7.71. The van der Waals surface area contributed by atoms with E-state index in [-0.39, 0.29) is 0 Å². The molecule has 1 aliphatic carbocycles. The van der Waals surface area contributed by atoms with Gasteiger partial charge in [-0.25, -0.2) is 4.98 Å². The molecule has 0 aromatic carbocycles. The van der Waals surface area contributed by atoms with Crippen molar-refractivity contribution in [3.05, 3.63) is 21.7 Å². The number of aromatic nitrogens is 2. The molecule has 2 rings (SSSR count). The van der Waals surface area contributed by atoms with E-state index in [1.165, 1.54) is 29.8 Å². The van der Waals surface area contributed by atoms with E-state index in [1.807, 2.05) is 7.05 Å². The molecule has 4 heteroatoms. The summed E-state index contributed by atoms with van der Waals surface area (Å²) >= 11 is 5.11. The minimum atomic E-state index is 0.595. The molecular formula is C11H17N3S. The second kappa shape index (κ2) is 4.41. The Morgan fingerprint density at radius 3 is 3.13 bits per heavy atom. The van der Waals surface area contributed by atoms with Crippen molar-refractivity contribution < 1.29 is 0 Å². The molecule has 1 heterocycles. The number of fused-ring (bicyclic) bond motifs is 1. The zero-order valence-corrected chi connectivity index (χ0v) is 10.1. The zero-order valence-electron chi connectivity index (χ0n) is 9.26. The van der Waals surface area contributed by atoms with Crippen molar-refractivity contribution in [1.29, 1.82) is 0 Å². The first-order valence-corrected chi connectivity index (χ1v) is 5.87. The fourth-order valence-electron chi connectivity index (χ4n) is 2.50. The van der Waals surface area contributed by atoms with E-state index in [0.29, 0.717) is 10.7 Å². The number of H-pyrrole nitrogens is 1. The Balaban J connectivity index is 2.46. The Kier molecular flexibility index (Phi) is 3.17. The van der Waals surface area contributed by atoms with Gasteiger partial charge >= 0.3 is 0 Å². The monoisotopic (exact) mass is 223 g/mol. The average Bonchev–Trinajstić information content (AvgIpc) is 2.17. The molecule has 0 radical (unpaired) electrons. The van der Waals surface area contributed by atoms with Gasteiger partial charge in [-0.2, -0.15) is 0 Å². The van der Waals surface area contributed by atoms with Crippen molar-refractivity contribution in [3.63, 3.8) is 0 Å². The van der Waals surface area contributed by atoms with Crippen molar-refractivity contribution in [2.24, 2.45) is 0 Å². The number of likely N-dealkylation sites (N-methyl/N-ethyl adjacent to an activating group) is 1. The van der Waals surface area contributed by atoms with Crippen LogP contribution in [-0.2, 0) is 6.42 Å². The van der Waals surface area contributed by atoms with Crippen LogP contribution in [0.1, 0.15) is 35.7 Å². The lowest BCUT2D eigenvalue weighted by Crippen LogP contribution is -2.23.